The number of amides is 1. The van der Waals surface area contributed by atoms with E-state index in [1.54, 1.807) is 11.8 Å². The summed E-state index contributed by atoms with van der Waals surface area (Å²) in [6.45, 7) is 4.37. The van der Waals surface area contributed by atoms with Crippen molar-refractivity contribution in [1.82, 2.24) is 0 Å². The van der Waals surface area contributed by atoms with E-state index in [4.69, 9.17) is 0 Å². The highest BCUT2D eigenvalue weighted by atomic mass is 32.2. The Bertz CT molecular complexity index is 1120. The number of anilines is 3. The summed E-state index contributed by atoms with van der Waals surface area (Å²) in [7, 11) is 2.04. The summed E-state index contributed by atoms with van der Waals surface area (Å²) in [5.74, 6) is -0.0204. The zero-order chi connectivity index (χ0) is 20.2. The summed E-state index contributed by atoms with van der Waals surface area (Å²) in [5, 5.41) is 0. The topological polar surface area (TPSA) is 23.6 Å². The van der Waals surface area contributed by atoms with E-state index in [2.05, 4.69) is 49.1 Å². The Kier molecular flexibility index (Phi) is 4.07. The van der Waals surface area contributed by atoms with Crippen molar-refractivity contribution in [3.8, 4) is 0 Å². The van der Waals surface area contributed by atoms with Crippen LogP contribution in [-0.4, -0.2) is 13.0 Å². The molecule has 3 aromatic carbocycles. The zero-order valence-corrected chi connectivity index (χ0v) is 17.5. The van der Waals surface area contributed by atoms with Crippen LogP contribution in [0, 0.1) is 0 Å². The summed E-state index contributed by atoms with van der Waals surface area (Å²) in [5.41, 5.74) is 5.06. The molecule has 0 bridgehead atoms. The minimum atomic E-state index is -0.232. The SMILES string of the molecule is CN1C(=CC(=O)N2c3ccccc3Sc3ccccc32)C(C)(C)c2ccccc21. The summed E-state index contributed by atoms with van der Waals surface area (Å²) in [6.07, 6.45) is 1.81. The monoisotopic (exact) mass is 398 g/mol. The maximum Gasteiger partial charge on any atom is 0.257 e. The standard InChI is InChI=1S/C25H22N2OS/c1-25(2)17-10-4-5-11-18(17)26(3)23(25)16-24(28)27-19-12-6-8-14-21(19)29-22-15-9-7-13-20(22)27/h4-16H,1-3H3. The fraction of sp³-hybridized carbons (Fsp3) is 0.160. The van der Waals surface area contributed by atoms with Crippen LogP contribution in [0.25, 0.3) is 0 Å². The van der Waals surface area contributed by atoms with Crippen molar-refractivity contribution >= 4 is 34.7 Å². The number of likely N-dealkylation sites (N-methyl/N-ethyl adjacent to an activating group) is 1. The lowest BCUT2D eigenvalue weighted by atomic mass is 9.83. The van der Waals surface area contributed by atoms with Gasteiger partial charge in [-0.05, 0) is 35.9 Å². The Morgan fingerprint density at radius 1 is 0.828 bits per heavy atom. The lowest BCUT2D eigenvalue weighted by molar-refractivity contribution is -0.113. The van der Waals surface area contributed by atoms with Crippen LogP contribution in [0.4, 0.5) is 17.1 Å². The number of hydrogen-bond acceptors (Lipinski definition) is 3. The Morgan fingerprint density at radius 3 is 1.93 bits per heavy atom. The van der Waals surface area contributed by atoms with Gasteiger partial charge in [0.05, 0.1) is 11.4 Å². The Balaban J connectivity index is 1.63. The highest BCUT2D eigenvalue weighted by Gasteiger charge is 2.39. The van der Waals surface area contributed by atoms with Crippen molar-refractivity contribution in [3.63, 3.8) is 0 Å². The molecule has 0 fully saturated rings. The van der Waals surface area contributed by atoms with Crippen LogP contribution in [0.2, 0.25) is 0 Å². The van der Waals surface area contributed by atoms with Crippen LogP contribution >= 0.6 is 11.8 Å². The highest BCUT2D eigenvalue weighted by Crippen LogP contribution is 2.49. The third kappa shape index (κ3) is 2.70. The van der Waals surface area contributed by atoms with E-state index in [1.807, 2.05) is 60.5 Å². The largest absolute Gasteiger partial charge is 0.347 e. The summed E-state index contributed by atoms with van der Waals surface area (Å²) >= 11 is 1.71. The van der Waals surface area contributed by atoms with Gasteiger partial charge in [0.25, 0.3) is 5.91 Å². The van der Waals surface area contributed by atoms with E-state index >= 15 is 0 Å². The molecule has 5 rings (SSSR count). The second-order valence-corrected chi connectivity index (χ2v) is 9.03. The van der Waals surface area contributed by atoms with Crippen LogP contribution in [0.3, 0.4) is 0 Å². The Labute approximate surface area is 175 Å². The summed E-state index contributed by atoms with van der Waals surface area (Å²) in [6, 6.07) is 24.6. The minimum Gasteiger partial charge on any atom is -0.347 e. The van der Waals surface area contributed by atoms with E-state index < -0.39 is 0 Å². The first-order chi connectivity index (χ1) is 14.0. The van der Waals surface area contributed by atoms with Crippen LogP contribution < -0.4 is 9.80 Å². The molecule has 2 aliphatic heterocycles. The molecule has 3 aromatic rings. The van der Waals surface area contributed by atoms with E-state index in [0.29, 0.717) is 0 Å². The van der Waals surface area contributed by atoms with E-state index in [0.717, 1.165) is 32.6 Å². The predicted octanol–water partition coefficient (Wildman–Crippen LogP) is 6.13. The van der Waals surface area contributed by atoms with E-state index in [9.17, 15) is 4.79 Å². The van der Waals surface area contributed by atoms with Crippen molar-refractivity contribution in [2.45, 2.75) is 29.1 Å². The third-order valence-electron chi connectivity index (χ3n) is 5.85. The summed E-state index contributed by atoms with van der Waals surface area (Å²) < 4.78 is 0. The quantitative estimate of drug-likeness (QED) is 0.461. The molecule has 0 N–H and O–H groups in total. The van der Waals surface area contributed by atoms with Crippen LogP contribution in [-0.2, 0) is 10.2 Å². The van der Waals surface area contributed by atoms with Gasteiger partial charge in [0.2, 0.25) is 0 Å². The fourth-order valence-corrected chi connectivity index (χ4v) is 5.44. The third-order valence-corrected chi connectivity index (χ3v) is 6.98. The maximum atomic E-state index is 13.7. The van der Waals surface area contributed by atoms with Crippen molar-refractivity contribution in [2.75, 3.05) is 16.8 Å². The molecule has 0 radical (unpaired) electrons. The van der Waals surface area contributed by atoms with Crippen LogP contribution in [0.15, 0.2) is 94.4 Å². The fourth-order valence-electron chi connectivity index (χ4n) is 4.38. The van der Waals surface area contributed by atoms with Gasteiger partial charge in [-0.25, -0.2) is 0 Å². The second kappa shape index (κ2) is 6.53. The van der Waals surface area contributed by atoms with Crippen molar-refractivity contribution < 1.29 is 4.79 Å². The molecule has 29 heavy (non-hydrogen) atoms. The number of carbonyl (C=O) groups excluding carboxylic acids is 1. The normalized spacial score (nSPS) is 17.7. The zero-order valence-electron chi connectivity index (χ0n) is 16.7. The molecule has 0 spiro atoms. The molecular formula is C25H22N2OS. The average Bonchev–Trinajstić information content (AvgIpc) is 2.93. The number of hydrogen-bond donors (Lipinski definition) is 0. The summed E-state index contributed by atoms with van der Waals surface area (Å²) in [4.78, 5) is 19.9. The molecule has 0 saturated heterocycles. The van der Waals surface area contributed by atoms with Gasteiger partial charge in [-0.3, -0.25) is 9.69 Å². The molecule has 0 unspecified atom stereocenters. The molecule has 0 atom stereocenters. The molecule has 0 saturated carbocycles. The molecule has 2 heterocycles. The smallest absolute Gasteiger partial charge is 0.257 e. The molecular weight excluding hydrogens is 376 g/mol. The van der Waals surface area contributed by atoms with Crippen LogP contribution in [0.1, 0.15) is 19.4 Å². The molecule has 1 amide bonds. The Morgan fingerprint density at radius 2 is 1.34 bits per heavy atom. The number of para-hydroxylation sites is 3. The van der Waals surface area contributed by atoms with Crippen molar-refractivity contribution in [3.05, 3.63) is 90.1 Å². The lowest BCUT2D eigenvalue weighted by Gasteiger charge is -2.31. The molecule has 0 aromatic heterocycles. The molecule has 0 aliphatic carbocycles. The van der Waals surface area contributed by atoms with Crippen molar-refractivity contribution in [2.24, 2.45) is 0 Å². The van der Waals surface area contributed by atoms with Gasteiger partial charge in [0.1, 0.15) is 0 Å². The van der Waals surface area contributed by atoms with Gasteiger partial charge in [0.15, 0.2) is 0 Å². The molecule has 2 aliphatic rings. The second-order valence-electron chi connectivity index (χ2n) is 7.94. The Hall–Kier alpha value is -2.98. The van der Waals surface area contributed by atoms with Gasteiger partial charge in [-0.2, -0.15) is 0 Å². The van der Waals surface area contributed by atoms with Gasteiger partial charge in [-0.15, -0.1) is 0 Å². The maximum absolute atomic E-state index is 13.7. The van der Waals surface area contributed by atoms with E-state index in [-0.39, 0.29) is 11.3 Å². The van der Waals surface area contributed by atoms with E-state index in [1.165, 1.54) is 5.56 Å². The van der Waals surface area contributed by atoms with Gasteiger partial charge < -0.3 is 4.90 Å². The number of rotatable bonds is 1. The number of allylic oxidation sites excluding steroid dienone is 1. The van der Waals surface area contributed by atoms with Crippen molar-refractivity contribution in [1.29, 1.82) is 0 Å². The average molecular weight is 399 g/mol. The number of nitrogens with zero attached hydrogens (tertiary/aromatic N) is 2. The lowest BCUT2D eigenvalue weighted by Crippen LogP contribution is -2.30. The number of carbonyl (C=O) groups is 1. The number of benzene rings is 3. The molecule has 144 valence electrons. The highest BCUT2D eigenvalue weighted by molar-refractivity contribution is 7.99. The first-order valence-corrected chi connectivity index (χ1v) is 10.6. The minimum absolute atomic E-state index is 0.0204. The predicted molar refractivity (Wildman–Crippen MR) is 120 cm³/mol. The molecule has 3 nitrogen and oxygen atoms in total. The van der Waals surface area contributed by atoms with Gasteiger partial charge >= 0.3 is 0 Å². The van der Waals surface area contributed by atoms with Crippen LogP contribution in [0.5, 0.6) is 0 Å². The molecule has 4 heteroatoms. The van der Waals surface area contributed by atoms with Gasteiger partial charge in [0, 0.05) is 39.7 Å². The van der Waals surface area contributed by atoms with Gasteiger partial charge in [-0.1, -0.05) is 68.1 Å². The first kappa shape index (κ1) is 18.1. The number of fused-ring (bicyclic) bond motifs is 3. The first-order valence-electron chi connectivity index (χ1n) is 9.74.